The zero-order valence-corrected chi connectivity index (χ0v) is 12.3. The number of carboxylic acids is 1. The Balaban J connectivity index is 2.23. The molecule has 2 unspecified atom stereocenters. The number of rotatable bonds is 3. The van der Waals surface area contributed by atoms with Crippen LogP contribution in [-0.4, -0.2) is 59.1 Å². The van der Waals surface area contributed by atoms with Crippen molar-refractivity contribution < 1.29 is 14.7 Å². The van der Waals surface area contributed by atoms with Crippen LogP contribution in [0.2, 0.25) is 0 Å². The minimum Gasteiger partial charge on any atom is -0.480 e. The molecule has 19 heavy (non-hydrogen) atoms. The highest BCUT2D eigenvalue weighted by atomic mass is 32.2. The molecule has 5 nitrogen and oxygen atoms in total. The summed E-state index contributed by atoms with van der Waals surface area (Å²) in [5, 5.41) is 12.6. The van der Waals surface area contributed by atoms with E-state index in [4.69, 9.17) is 0 Å². The standard InChI is InChI=1S/C13H22N2O3S/c1-9(2)13(3-4-14-8-13)12(18)15-5-6-19-7-10(15)11(16)17/h9-10,14H,3-8H2,1-2H3,(H,16,17). The molecule has 0 bridgehead atoms. The molecular formula is C13H22N2O3S. The van der Waals surface area contributed by atoms with E-state index in [2.05, 4.69) is 19.2 Å². The van der Waals surface area contributed by atoms with Crippen LogP contribution >= 0.6 is 11.8 Å². The molecule has 0 aliphatic carbocycles. The van der Waals surface area contributed by atoms with Gasteiger partial charge in [0.1, 0.15) is 6.04 Å². The molecule has 1 amide bonds. The Morgan fingerprint density at radius 3 is 2.74 bits per heavy atom. The van der Waals surface area contributed by atoms with E-state index in [0.29, 0.717) is 18.8 Å². The highest BCUT2D eigenvalue weighted by Crippen LogP contribution is 2.37. The van der Waals surface area contributed by atoms with Crippen LogP contribution in [0, 0.1) is 11.3 Å². The highest BCUT2D eigenvalue weighted by Gasteiger charge is 2.48. The van der Waals surface area contributed by atoms with Gasteiger partial charge in [-0.2, -0.15) is 11.8 Å². The predicted octanol–water partition coefficient (Wildman–Crippen LogP) is 0.651. The summed E-state index contributed by atoms with van der Waals surface area (Å²) in [5.74, 6) is 0.699. The maximum atomic E-state index is 12.9. The van der Waals surface area contributed by atoms with Crippen molar-refractivity contribution in [2.24, 2.45) is 11.3 Å². The summed E-state index contributed by atoms with van der Waals surface area (Å²) in [6, 6.07) is -0.664. The molecule has 0 spiro atoms. The molecule has 2 N–H and O–H groups in total. The van der Waals surface area contributed by atoms with E-state index in [1.54, 1.807) is 16.7 Å². The first-order valence-corrected chi connectivity index (χ1v) is 7.97. The molecule has 0 aromatic carbocycles. The number of carbonyl (C=O) groups is 2. The van der Waals surface area contributed by atoms with Gasteiger partial charge in [-0.25, -0.2) is 4.79 Å². The lowest BCUT2D eigenvalue weighted by Crippen LogP contribution is -2.57. The van der Waals surface area contributed by atoms with Gasteiger partial charge in [0.25, 0.3) is 0 Å². The van der Waals surface area contributed by atoms with Crippen molar-refractivity contribution in [1.82, 2.24) is 10.2 Å². The Bertz CT molecular complexity index is 367. The zero-order chi connectivity index (χ0) is 14.0. The molecule has 2 aliphatic heterocycles. The molecule has 2 aliphatic rings. The number of carbonyl (C=O) groups excluding carboxylic acids is 1. The number of aliphatic carboxylic acids is 1. The quantitative estimate of drug-likeness (QED) is 0.797. The van der Waals surface area contributed by atoms with Gasteiger partial charge >= 0.3 is 5.97 Å². The van der Waals surface area contributed by atoms with Gasteiger partial charge < -0.3 is 15.3 Å². The number of hydrogen-bond acceptors (Lipinski definition) is 4. The molecule has 2 atom stereocenters. The van der Waals surface area contributed by atoms with Crippen LogP contribution < -0.4 is 5.32 Å². The third-order valence-electron chi connectivity index (χ3n) is 4.39. The van der Waals surface area contributed by atoms with Crippen LogP contribution in [0.15, 0.2) is 0 Å². The molecule has 2 fully saturated rings. The molecule has 2 heterocycles. The fourth-order valence-corrected chi connectivity index (χ4v) is 4.01. The summed E-state index contributed by atoms with van der Waals surface area (Å²) >= 11 is 1.61. The van der Waals surface area contributed by atoms with E-state index in [-0.39, 0.29) is 11.8 Å². The van der Waals surface area contributed by atoms with Gasteiger partial charge in [0, 0.05) is 24.6 Å². The number of thioether (sulfide) groups is 1. The molecule has 6 heteroatoms. The second-order valence-electron chi connectivity index (χ2n) is 5.67. The lowest BCUT2D eigenvalue weighted by molar-refractivity contribution is -0.155. The second kappa shape index (κ2) is 5.71. The Labute approximate surface area is 118 Å². The van der Waals surface area contributed by atoms with Gasteiger partial charge in [0.05, 0.1) is 5.41 Å². The SMILES string of the molecule is CC(C)C1(C(=O)N2CCSCC2C(=O)O)CCNC1. The number of hydrogen-bond donors (Lipinski definition) is 2. The molecule has 2 saturated heterocycles. The first kappa shape index (κ1) is 14.7. The minimum absolute atomic E-state index is 0.0280. The molecule has 0 aromatic rings. The van der Waals surface area contributed by atoms with Crippen molar-refractivity contribution in [1.29, 1.82) is 0 Å². The van der Waals surface area contributed by atoms with E-state index >= 15 is 0 Å². The number of carboxylic acid groups (broad SMARTS) is 1. The van der Waals surface area contributed by atoms with Crippen LogP contribution in [0.5, 0.6) is 0 Å². The smallest absolute Gasteiger partial charge is 0.327 e. The maximum Gasteiger partial charge on any atom is 0.327 e. The normalized spacial score (nSPS) is 31.7. The van der Waals surface area contributed by atoms with E-state index in [9.17, 15) is 14.7 Å². The van der Waals surface area contributed by atoms with Crippen LogP contribution in [-0.2, 0) is 9.59 Å². The molecule has 2 rings (SSSR count). The Kier molecular flexibility index (Phi) is 4.40. The molecule has 0 aromatic heterocycles. The Hall–Kier alpha value is -0.750. The maximum absolute atomic E-state index is 12.9. The van der Waals surface area contributed by atoms with Gasteiger partial charge in [0.2, 0.25) is 5.91 Å². The van der Waals surface area contributed by atoms with Crippen molar-refractivity contribution in [3.8, 4) is 0 Å². The van der Waals surface area contributed by atoms with E-state index < -0.39 is 17.4 Å². The van der Waals surface area contributed by atoms with Gasteiger partial charge in [0.15, 0.2) is 0 Å². The largest absolute Gasteiger partial charge is 0.480 e. The summed E-state index contributed by atoms with van der Waals surface area (Å²) in [6.45, 7) is 6.16. The van der Waals surface area contributed by atoms with Crippen LogP contribution in [0.1, 0.15) is 20.3 Å². The van der Waals surface area contributed by atoms with Crippen molar-refractivity contribution in [2.45, 2.75) is 26.3 Å². The first-order valence-electron chi connectivity index (χ1n) is 6.81. The second-order valence-corrected chi connectivity index (χ2v) is 6.81. The Morgan fingerprint density at radius 2 is 2.21 bits per heavy atom. The summed E-state index contributed by atoms with van der Waals surface area (Å²) in [6.07, 6.45) is 0.805. The average Bonchev–Trinajstić information content (AvgIpc) is 2.88. The van der Waals surface area contributed by atoms with Crippen molar-refractivity contribution in [2.75, 3.05) is 31.1 Å². The predicted molar refractivity (Wildman–Crippen MR) is 75.2 cm³/mol. The minimum atomic E-state index is -0.884. The fraction of sp³-hybridized carbons (Fsp3) is 0.846. The lowest BCUT2D eigenvalue weighted by atomic mass is 9.75. The third kappa shape index (κ3) is 2.60. The average molecular weight is 286 g/mol. The van der Waals surface area contributed by atoms with E-state index in [1.165, 1.54) is 0 Å². The summed E-state index contributed by atoms with van der Waals surface area (Å²) in [7, 11) is 0. The van der Waals surface area contributed by atoms with Crippen molar-refractivity contribution in [3.05, 3.63) is 0 Å². The molecule has 0 saturated carbocycles. The molecule has 108 valence electrons. The van der Waals surface area contributed by atoms with Crippen molar-refractivity contribution >= 4 is 23.6 Å². The highest BCUT2D eigenvalue weighted by molar-refractivity contribution is 7.99. The van der Waals surface area contributed by atoms with Gasteiger partial charge in [-0.3, -0.25) is 4.79 Å². The number of amides is 1. The van der Waals surface area contributed by atoms with E-state index in [1.807, 2.05) is 0 Å². The lowest BCUT2D eigenvalue weighted by Gasteiger charge is -2.41. The summed E-state index contributed by atoms with van der Waals surface area (Å²) < 4.78 is 0. The van der Waals surface area contributed by atoms with Gasteiger partial charge in [-0.05, 0) is 18.9 Å². The zero-order valence-electron chi connectivity index (χ0n) is 11.5. The topological polar surface area (TPSA) is 69.6 Å². The Morgan fingerprint density at radius 1 is 1.47 bits per heavy atom. The van der Waals surface area contributed by atoms with Crippen LogP contribution in [0.25, 0.3) is 0 Å². The van der Waals surface area contributed by atoms with Gasteiger partial charge in [-0.1, -0.05) is 13.8 Å². The van der Waals surface area contributed by atoms with Crippen molar-refractivity contribution in [3.63, 3.8) is 0 Å². The number of nitrogens with zero attached hydrogens (tertiary/aromatic N) is 1. The monoisotopic (exact) mass is 286 g/mol. The third-order valence-corrected chi connectivity index (χ3v) is 5.42. The van der Waals surface area contributed by atoms with E-state index in [0.717, 1.165) is 18.7 Å². The first-order chi connectivity index (χ1) is 8.99. The molecule has 0 radical (unpaired) electrons. The summed E-state index contributed by atoms with van der Waals surface area (Å²) in [5.41, 5.74) is -0.421. The van der Waals surface area contributed by atoms with Crippen LogP contribution in [0.3, 0.4) is 0 Å². The molecular weight excluding hydrogens is 264 g/mol. The van der Waals surface area contributed by atoms with Crippen LogP contribution in [0.4, 0.5) is 0 Å². The van der Waals surface area contributed by atoms with Gasteiger partial charge in [-0.15, -0.1) is 0 Å². The number of nitrogens with one attached hydrogen (secondary N) is 1. The fourth-order valence-electron chi connectivity index (χ4n) is 2.97. The summed E-state index contributed by atoms with van der Waals surface area (Å²) in [4.78, 5) is 25.8.